The Balaban J connectivity index is 2.62. The van der Waals surface area contributed by atoms with Crippen molar-refractivity contribution in [3.8, 4) is 5.69 Å². The van der Waals surface area contributed by atoms with E-state index in [1.807, 2.05) is 0 Å². The van der Waals surface area contributed by atoms with E-state index >= 15 is 0 Å². The minimum Gasteiger partial charge on any atom is -0.478 e. The molecular formula is C11H8BrFN2O2. The summed E-state index contributed by atoms with van der Waals surface area (Å²) in [5.41, 5.74) is 0.870. The maximum atomic E-state index is 13.4. The van der Waals surface area contributed by atoms with Crippen LogP contribution in [0.4, 0.5) is 4.39 Å². The van der Waals surface area contributed by atoms with Gasteiger partial charge in [-0.1, -0.05) is 0 Å². The van der Waals surface area contributed by atoms with Crippen LogP contribution >= 0.6 is 15.9 Å². The first-order valence-electron chi connectivity index (χ1n) is 4.72. The molecule has 4 nitrogen and oxygen atoms in total. The number of aromatic carboxylic acids is 1. The first-order valence-corrected chi connectivity index (χ1v) is 5.51. The van der Waals surface area contributed by atoms with Crippen LogP contribution in [-0.2, 0) is 0 Å². The largest absolute Gasteiger partial charge is 0.478 e. The van der Waals surface area contributed by atoms with Crippen molar-refractivity contribution >= 4 is 21.9 Å². The topological polar surface area (TPSA) is 55.1 Å². The number of hydrogen-bond donors (Lipinski definition) is 1. The summed E-state index contributed by atoms with van der Waals surface area (Å²) < 4.78 is 15.6. The highest BCUT2D eigenvalue weighted by Gasteiger charge is 2.14. The molecule has 0 radical (unpaired) electrons. The van der Waals surface area contributed by atoms with Crippen molar-refractivity contribution in [3.63, 3.8) is 0 Å². The third-order valence-electron chi connectivity index (χ3n) is 2.35. The number of aromatic nitrogens is 2. The molecule has 2 aromatic rings. The predicted molar refractivity (Wildman–Crippen MR) is 62.9 cm³/mol. The molecule has 0 saturated carbocycles. The van der Waals surface area contributed by atoms with E-state index in [1.54, 1.807) is 17.7 Å². The van der Waals surface area contributed by atoms with E-state index < -0.39 is 11.8 Å². The van der Waals surface area contributed by atoms with Crippen LogP contribution in [0, 0.1) is 12.7 Å². The number of hydrogen-bond acceptors (Lipinski definition) is 2. The number of aryl methyl sites for hydroxylation is 1. The fourth-order valence-electron chi connectivity index (χ4n) is 1.53. The van der Waals surface area contributed by atoms with Crippen molar-refractivity contribution in [1.29, 1.82) is 0 Å². The smallest absolute Gasteiger partial charge is 0.338 e. The average Bonchev–Trinajstić information content (AvgIpc) is 2.64. The predicted octanol–water partition coefficient (Wildman–Crippen LogP) is 2.78. The van der Waals surface area contributed by atoms with E-state index in [4.69, 9.17) is 5.11 Å². The maximum Gasteiger partial charge on any atom is 0.338 e. The van der Waals surface area contributed by atoms with Crippen molar-refractivity contribution < 1.29 is 14.3 Å². The van der Waals surface area contributed by atoms with Crippen LogP contribution in [0.15, 0.2) is 29.3 Å². The molecule has 0 bridgehead atoms. The number of carboxylic acids is 1. The zero-order valence-electron chi connectivity index (χ0n) is 8.82. The Labute approximate surface area is 105 Å². The van der Waals surface area contributed by atoms with Gasteiger partial charge in [0.15, 0.2) is 0 Å². The molecule has 88 valence electrons. The first kappa shape index (κ1) is 11.8. The molecule has 2 rings (SSSR count). The highest BCUT2D eigenvalue weighted by Crippen LogP contribution is 2.20. The van der Waals surface area contributed by atoms with Crippen LogP contribution in [-0.4, -0.2) is 20.6 Å². The minimum atomic E-state index is -1.29. The van der Waals surface area contributed by atoms with Gasteiger partial charge in [-0.3, -0.25) is 0 Å². The van der Waals surface area contributed by atoms with Gasteiger partial charge in [0.25, 0.3) is 0 Å². The Kier molecular flexibility index (Phi) is 2.97. The lowest BCUT2D eigenvalue weighted by Crippen LogP contribution is -2.04. The fraction of sp³-hybridized carbons (Fsp3) is 0.0909. The van der Waals surface area contributed by atoms with Crippen molar-refractivity contribution in [2.45, 2.75) is 6.92 Å². The zero-order chi connectivity index (χ0) is 12.6. The van der Waals surface area contributed by atoms with Gasteiger partial charge in [0.1, 0.15) is 16.7 Å². The van der Waals surface area contributed by atoms with Crippen LogP contribution in [0.25, 0.3) is 5.69 Å². The Hall–Kier alpha value is -1.69. The highest BCUT2D eigenvalue weighted by molar-refractivity contribution is 9.10. The average molecular weight is 299 g/mol. The number of carbonyl (C=O) groups is 1. The van der Waals surface area contributed by atoms with Gasteiger partial charge < -0.3 is 9.67 Å². The summed E-state index contributed by atoms with van der Waals surface area (Å²) in [7, 11) is 0. The van der Waals surface area contributed by atoms with Gasteiger partial charge in [-0.25, -0.2) is 14.2 Å². The molecule has 0 spiro atoms. The monoisotopic (exact) mass is 298 g/mol. The second-order valence-corrected chi connectivity index (χ2v) is 4.34. The lowest BCUT2D eigenvalue weighted by atomic mass is 10.1. The standard InChI is InChI=1S/C11H8BrFN2O2/c1-6-2-8(13)7(11(16)17)3-9(6)15-4-10(12)14-5-15/h2-5H,1H3,(H,16,17). The van der Waals surface area contributed by atoms with E-state index in [-0.39, 0.29) is 5.56 Å². The second kappa shape index (κ2) is 4.29. The Bertz CT molecular complexity index is 595. The highest BCUT2D eigenvalue weighted by atomic mass is 79.9. The number of carboxylic acid groups (broad SMARTS) is 1. The molecule has 0 aliphatic rings. The Morgan fingerprint density at radius 2 is 2.24 bits per heavy atom. The summed E-state index contributed by atoms with van der Waals surface area (Å²) in [6.07, 6.45) is 3.20. The summed E-state index contributed by atoms with van der Waals surface area (Å²) >= 11 is 3.19. The van der Waals surface area contributed by atoms with Crippen LogP contribution in [0.2, 0.25) is 0 Å². The van der Waals surface area contributed by atoms with Crippen molar-refractivity contribution in [2.75, 3.05) is 0 Å². The molecule has 0 fully saturated rings. The third kappa shape index (κ3) is 2.21. The Morgan fingerprint density at radius 3 is 2.76 bits per heavy atom. The van der Waals surface area contributed by atoms with Crippen LogP contribution in [0.3, 0.4) is 0 Å². The quantitative estimate of drug-likeness (QED) is 0.927. The second-order valence-electron chi connectivity index (χ2n) is 3.53. The molecule has 0 atom stereocenters. The lowest BCUT2D eigenvalue weighted by Gasteiger charge is -2.08. The van der Waals surface area contributed by atoms with Crippen molar-refractivity contribution in [1.82, 2.24) is 9.55 Å². The van der Waals surface area contributed by atoms with Crippen LogP contribution in [0.5, 0.6) is 0 Å². The molecule has 6 heteroatoms. The van der Waals surface area contributed by atoms with Gasteiger partial charge in [0.05, 0.1) is 11.3 Å². The van der Waals surface area contributed by atoms with Crippen molar-refractivity contribution in [2.24, 2.45) is 0 Å². The molecule has 0 unspecified atom stereocenters. The summed E-state index contributed by atoms with van der Waals surface area (Å²) in [5.74, 6) is -2.03. The molecule has 0 aliphatic carbocycles. The summed E-state index contributed by atoms with van der Waals surface area (Å²) in [4.78, 5) is 14.8. The van der Waals surface area contributed by atoms with Gasteiger partial charge in [-0.2, -0.15) is 0 Å². The molecule has 1 aromatic heterocycles. The molecule has 1 N–H and O–H groups in total. The Morgan fingerprint density at radius 1 is 1.53 bits per heavy atom. The number of nitrogens with zero attached hydrogens (tertiary/aromatic N) is 2. The first-order chi connectivity index (χ1) is 7.99. The van der Waals surface area contributed by atoms with Gasteiger partial charge in [-0.05, 0) is 40.5 Å². The number of benzene rings is 1. The third-order valence-corrected chi connectivity index (χ3v) is 2.75. The number of halogens is 2. The molecule has 0 aliphatic heterocycles. The molecule has 0 saturated heterocycles. The normalized spacial score (nSPS) is 10.5. The summed E-state index contributed by atoms with van der Waals surface area (Å²) in [5, 5.41) is 8.86. The number of rotatable bonds is 2. The van der Waals surface area contributed by atoms with Crippen LogP contribution < -0.4 is 0 Å². The van der Waals surface area contributed by atoms with Crippen LogP contribution in [0.1, 0.15) is 15.9 Å². The molecule has 1 aromatic carbocycles. The summed E-state index contributed by atoms with van der Waals surface area (Å²) in [6.45, 7) is 1.71. The molecule has 17 heavy (non-hydrogen) atoms. The minimum absolute atomic E-state index is 0.351. The number of imidazole rings is 1. The zero-order valence-corrected chi connectivity index (χ0v) is 10.4. The maximum absolute atomic E-state index is 13.4. The van der Waals surface area contributed by atoms with E-state index in [1.165, 1.54) is 18.5 Å². The molecular weight excluding hydrogens is 291 g/mol. The van der Waals surface area contributed by atoms with E-state index in [9.17, 15) is 9.18 Å². The van der Waals surface area contributed by atoms with E-state index in [2.05, 4.69) is 20.9 Å². The van der Waals surface area contributed by atoms with E-state index in [0.717, 1.165) is 0 Å². The van der Waals surface area contributed by atoms with Gasteiger partial charge in [0.2, 0.25) is 0 Å². The fourth-order valence-corrected chi connectivity index (χ4v) is 1.85. The SMILES string of the molecule is Cc1cc(F)c(C(=O)O)cc1-n1cnc(Br)c1. The van der Waals surface area contributed by atoms with Gasteiger partial charge in [0, 0.05) is 6.20 Å². The summed E-state index contributed by atoms with van der Waals surface area (Å²) in [6, 6.07) is 2.49. The van der Waals surface area contributed by atoms with E-state index in [0.29, 0.717) is 15.9 Å². The lowest BCUT2D eigenvalue weighted by molar-refractivity contribution is 0.0692. The molecule has 1 heterocycles. The van der Waals surface area contributed by atoms with Crippen molar-refractivity contribution in [3.05, 3.63) is 46.2 Å². The van der Waals surface area contributed by atoms with Gasteiger partial charge in [-0.15, -0.1) is 0 Å². The van der Waals surface area contributed by atoms with Gasteiger partial charge >= 0.3 is 5.97 Å². The molecule has 0 amide bonds.